The van der Waals surface area contributed by atoms with E-state index >= 15 is 0 Å². The molecule has 1 rings (SSSR count). The highest BCUT2D eigenvalue weighted by Crippen LogP contribution is 2.29. The zero-order valence-electron chi connectivity index (χ0n) is 11.8. The number of rotatable bonds is 2. The zero-order chi connectivity index (χ0) is 13.0. The van der Waals surface area contributed by atoms with Gasteiger partial charge in [0.1, 0.15) is 0 Å². The predicted octanol–water partition coefficient (Wildman–Crippen LogP) is 4.45. The van der Waals surface area contributed by atoms with Gasteiger partial charge in [0.05, 0.1) is 14.2 Å². The van der Waals surface area contributed by atoms with Crippen LogP contribution in [0.25, 0.3) is 0 Å². The molecule has 16 heavy (non-hydrogen) atoms. The molecule has 0 saturated carbocycles. The Morgan fingerprint density at radius 1 is 1.00 bits per heavy atom. The van der Waals surface area contributed by atoms with Crippen molar-refractivity contribution in [2.75, 3.05) is 14.2 Å². The first kappa shape index (κ1) is 17.2. The van der Waals surface area contributed by atoms with Crippen molar-refractivity contribution in [3.63, 3.8) is 0 Å². The Hall–Kier alpha value is -1.18. The average molecular weight is 226 g/mol. The van der Waals surface area contributed by atoms with E-state index < -0.39 is 0 Å². The molecule has 0 aliphatic heterocycles. The molecule has 1 aromatic rings. The van der Waals surface area contributed by atoms with Crippen LogP contribution in [0.15, 0.2) is 18.2 Å². The van der Waals surface area contributed by atoms with Crippen LogP contribution in [-0.4, -0.2) is 14.2 Å². The van der Waals surface area contributed by atoms with Crippen molar-refractivity contribution in [2.24, 2.45) is 0 Å². The Kier molecular flexibility index (Phi) is 12.8. The van der Waals surface area contributed by atoms with Crippen molar-refractivity contribution in [2.45, 2.75) is 41.0 Å². The summed E-state index contributed by atoms with van der Waals surface area (Å²) in [5, 5.41) is 0. The quantitative estimate of drug-likeness (QED) is 0.741. The molecule has 0 aliphatic rings. The number of ether oxygens (including phenoxy) is 2. The van der Waals surface area contributed by atoms with Crippen LogP contribution in [0.4, 0.5) is 0 Å². The molecule has 0 fully saturated rings. The molecule has 0 radical (unpaired) electrons. The highest BCUT2D eigenvalue weighted by atomic mass is 16.5. The van der Waals surface area contributed by atoms with Crippen molar-refractivity contribution in [3.8, 4) is 11.5 Å². The number of para-hydroxylation sites is 1. The first-order valence-electron chi connectivity index (χ1n) is 5.88. The van der Waals surface area contributed by atoms with Crippen LogP contribution >= 0.6 is 0 Å². The van der Waals surface area contributed by atoms with Crippen molar-refractivity contribution in [1.29, 1.82) is 0 Å². The molecule has 1 aromatic carbocycles. The van der Waals surface area contributed by atoms with Gasteiger partial charge in [-0.1, -0.05) is 46.2 Å². The monoisotopic (exact) mass is 226 g/mol. The van der Waals surface area contributed by atoms with Gasteiger partial charge in [0.15, 0.2) is 11.5 Å². The summed E-state index contributed by atoms with van der Waals surface area (Å²) in [7, 11) is 3.28. The third kappa shape index (κ3) is 6.33. The second kappa shape index (κ2) is 11.9. The van der Waals surface area contributed by atoms with E-state index in [9.17, 15) is 0 Å². The van der Waals surface area contributed by atoms with E-state index in [0.717, 1.165) is 17.1 Å². The summed E-state index contributed by atoms with van der Waals surface area (Å²) in [6.45, 7) is 10.2. The lowest BCUT2D eigenvalue weighted by atomic mass is 10.2. The van der Waals surface area contributed by atoms with E-state index in [1.54, 1.807) is 14.2 Å². The Labute approximate surface area is 101 Å². The second-order valence-corrected chi connectivity index (χ2v) is 3.02. The fourth-order valence-electron chi connectivity index (χ4n) is 1.05. The molecule has 0 aliphatic carbocycles. The molecule has 94 valence electrons. The van der Waals surface area contributed by atoms with E-state index in [4.69, 9.17) is 9.47 Å². The summed E-state index contributed by atoms with van der Waals surface area (Å²) < 4.78 is 10.2. The average Bonchev–Trinajstić information content (AvgIpc) is 2.32. The highest BCUT2D eigenvalue weighted by Gasteiger charge is 2.03. The molecule has 0 spiro atoms. The largest absolute Gasteiger partial charge is 0.493 e. The van der Waals surface area contributed by atoms with Gasteiger partial charge in [0.25, 0.3) is 0 Å². The lowest BCUT2D eigenvalue weighted by molar-refractivity contribution is 0.353. The number of hydrogen-bond acceptors (Lipinski definition) is 2. The van der Waals surface area contributed by atoms with Gasteiger partial charge in [-0.2, -0.15) is 0 Å². The van der Waals surface area contributed by atoms with Crippen molar-refractivity contribution >= 4 is 0 Å². The first-order chi connectivity index (χ1) is 7.71. The van der Waals surface area contributed by atoms with Gasteiger partial charge in [-0.25, -0.2) is 0 Å². The number of hydrogen-bond donors (Lipinski definition) is 0. The molecule has 0 saturated heterocycles. The van der Waals surface area contributed by atoms with E-state index in [1.807, 2.05) is 39.0 Å². The fraction of sp³-hybridized carbons (Fsp3) is 0.571. The van der Waals surface area contributed by atoms with Crippen LogP contribution < -0.4 is 9.47 Å². The van der Waals surface area contributed by atoms with Gasteiger partial charge in [-0.3, -0.25) is 0 Å². The highest BCUT2D eigenvalue weighted by molar-refractivity contribution is 5.45. The van der Waals surface area contributed by atoms with E-state index in [1.165, 1.54) is 6.42 Å². The van der Waals surface area contributed by atoms with Crippen LogP contribution in [0.3, 0.4) is 0 Å². The number of aryl methyl sites for hydroxylation is 1. The Morgan fingerprint density at radius 2 is 1.50 bits per heavy atom. The topological polar surface area (TPSA) is 18.5 Å². The maximum absolute atomic E-state index is 5.14. The van der Waals surface area contributed by atoms with Gasteiger partial charge in [0.2, 0.25) is 0 Å². The maximum Gasteiger partial charge on any atom is 0.163 e. The fourth-order valence-corrected chi connectivity index (χ4v) is 1.05. The minimum absolute atomic E-state index is 0.785. The van der Waals surface area contributed by atoms with Crippen LogP contribution in [0, 0.1) is 6.92 Å². The second-order valence-electron chi connectivity index (χ2n) is 3.02. The van der Waals surface area contributed by atoms with Gasteiger partial charge >= 0.3 is 0 Å². The standard InChI is InChI=1S/C9H12O2.C3H8.C2H6/c1-7-5-4-6-8(10-2)9(7)11-3;1-3-2;1-2/h4-6H,1-3H3;3H2,1-2H3;1-2H3. The molecular formula is C14H26O2. The van der Waals surface area contributed by atoms with Crippen molar-refractivity contribution in [3.05, 3.63) is 23.8 Å². The summed E-state index contributed by atoms with van der Waals surface area (Å²) in [5.74, 6) is 1.60. The van der Waals surface area contributed by atoms with Crippen molar-refractivity contribution in [1.82, 2.24) is 0 Å². The molecule has 0 aromatic heterocycles. The third-order valence-corrected chi connectivity index (χ3v) is 1.60. The predicted molar refractivity (Wildman–Crippen MR) is 71.6 cm³/mol. The Bertz CT molecular complexity index is 257. The van der Waals surface area contributed by atoms with Crippen LogP contribution in [0.1, 0.15) is 39.7 Å². The van der Waals surface area contributed by atoms with Crippen LogP contribution in [0.5, 0.6) is 11.5 Å². The van der Waals surface area contributed by atoms with E-state index in [2.05, 4.69) is 13.8 Å². The zero-order valence-corrected chi connectivity index (χ0v) is 11.8. The molecule has 2 heteroatoms. The number of methoxy groups -OCH3 is 2. The van der Waals surface area contributed by atoms with Crippen LogP contribution in [0.2, 0.25) is 0 Å². The van der Waals surface area contributed by atoms with Gasteiger partial charge in [-0.05, 0) is 18.6 Å². The van der Waals surface area contributed by atoms with Gasteiger partial charge in [0, 0.05) is 0 Å². The lowest BCUT2D eigenvalue weighted by Crippen LogP contribution is -1.91. The molecule has 0 amide bonds. The Balaban J connectivity index is 0. The molecule has 0 bridgehead atoms. The third-order valence-electron chi connectivity index (χ3n) is 1.60. The molecular weight excluding hydrogens is 200 g/mol. The van der Waals surface area contributed by atoms with E-state index in [-0.39, 0.29) is 0 Å². The maximum atomic E-state index is 5.14. The van der Waals surface area contributed by atoms with Crippen molar-refractivity contribution < 1.29 is 9.47 Å². The summed E-state index contributed by atoms with van der Waals surface area (Å²) in [5.41, 5.74) is 1.09. The van der Waals surface area contributed by atoms with Gasteiger partial charge < -0.3 is 9.47 Å². The normalized spacial score (nSPS) is 7.94. The Morgan fingerprint density at radius 3 is 1.81 bits per heavy atom. The SMILES string of the molecule is CC.CCC.COc1cccc(C)c1OC. The summed E-state index contributed by atoms with van der Waals surface area (Å²) in [4.78, 5) is 0. The number of benzene rings is 1. The summed E-state index contributed by atoms with van der Waals surface area (Å²) >= 11 is 0. The van der Waals surface area contributed by atoms with Crippen LogP contribution in [-0.2, 0) is 0 Å². The summed E-state index contributed by atoms with van der Waals surface area (Å²) in [6.07, 6.45) is 1.25. The van der Waals surface area contributed by atoms with E-state index in [0.29, 0.717) is 0 Å². The molecule has 0 N–H and O–H groups in total. The minimum Gasteiger partial charge on any atom is -0.493 e. The smallest absolute Gasteiger partial charge is 0.163 e. The molecule has 0 unspecified atom stereocenters. The van der Waals surface area contributed by atoms with Gasteiger partial charge in [-0.15, -0.1) is 0 Å². The lowest BCUT2D eigenvalue weighted by Gasteiger charge is -2.08. The molecule has 0 atom stereocenters. The first-order valence-corrected chi connectivity index (χ1v) is 5.88. The molecule has 2 nitrogen and oxygen atoms in total. The minimum atomic E-state index is 0.785. The summed E-state index contributed by atoms with van der Waals surface area (Å²) in [6, 6.07) is 5.81. The molecule has 0 heterocycles.